The summed E-state index contributed by atoms with van der Waals surface area (Å²) in [4.78, 5) is -0.241. The van der Waals surface area contributed by atoms with Gasteiger partial charge in [0.15, 0.2) is 0 Å². The van der Waals surface area contributed by atoms with E-state index in [-0.39, 0.29) is 15.8 Å². The van der Waals surface area contributed by atoms with Crippen LogP contribution in [-0.4, -0.2) is 46.3 Å². The number of nitrogens with one attached hydrogen (secondary N) is 1. The Balaban J connectivity index is 1.89. The first-order valence-electron chi connectivity index (χ1n) is 7.55. The lowest BCUT2D eigenvalue weighted by Crippen LogP contribution is -2.48. The molecule has 3 rings (SSSR count). The lowest BCUT2D eigenvalue weighted by molar-refractivity contribution is 0.251. The molecule has 2 aliphatic rings. The van der Waals surface area contributed by atoms with Crippen molar-refractivity contribution in [3.05, 3.63) is 24.3 Å². The normalized spacial score (nSPS) is 28.2. The Morgan fingerprint density at radius 1 is 1.09 bits per heavy atom. The van der Waals surface area contributed by atoms with E-state index in [0.29, 0.717) is 12.1 Å². The fourth-order valence-electron chi connectivity index (χ4n) is 3.50. The summed E-state index contributed by atoms with van der Waals surface area (Å²) >= 11 is 0. The van der Waals surface area contributed by atoms with Crippen molar-refractivity contribution in [1.29, 1.82) is 0 Å². The van der Waals surface area contributed by atoms with Crippen LogP contribution >= 0.6 is 0 Å². The lowest BCUT2D eigenvalue weighted by Gasteiger charge is -2.34. The molecule has 2 saturated heterocycles. The number of hydrogen-bond donors (Lipinski definition) is 2. The van der Waals surface area contributed by atoms with Gasteiger partial charge in [0.25, 0.3) is 0 Å². The van der Waals surface area contributed by atoms with E-state index < -0.39 is 20.0 Å². The molecule has 7 nitrogen and oxygen atoms in total. The summed E-state index contributed by atoms with van der Waals surface area (Å²) in [6.45, 7) is 0. The summed E-state index contributed by atoms with van der Waals surface area (Å²) in [5, 5.41) is 8.57. The van der Waals surface area contributed by atoms with Crippen molar-refractivity contribution in [3.8, 4) is 0 Å². The standard InChI is InChI=1S/C14H21N3O4S2/c1-17(12-7-10-5-6-11(8-12)16-10)23(20,21)14-4-2-3-13(9-14)22(15,18)19/h2-4,9-12,16H,5-8H2,1H3,(H2,15,18,19). The van der Waals surface area contributed by atoms with Crippen molar-refractivity contribution in [3.63, 3.8) is 0 Å². The highest BCUT2D eigenvalue weighted by atomic mass is 32.2. The Bertz CT molecular complexity index is 795. The predicted octanol–water partition coefficient (Wildman–Crippen LogP) is 0.238. The molecule has 2 aliphatic heterocycles. The van der Waals surface area contributed by atoms with Crippen LogP contribution < -0.4 is 10.5 Å². The molecule has 1 aromatic carbocycles. The van der Waals surface area contributed by atoms with Gasteiger partial charge in [-0.2, -0.15) is 4.31 Å². The Morgan fingerprint density at radius 2 is 1.65 bits per heavy atom. The molecule has 128 valence electrons. The molecule has 1 aromatic rings. The number of benzene rings is 1. The molecule has 9 heteroatoms. The summed E-state index contributed by atoms with van der Waals surface area (Å²) in [5.74, 6) is 0. The molecule has 0 spiro atoms. The van der Waals surface area contributed by atoms with Crippen molar-refractivity contribution in [1.82, 2.24) is 9.62 Å². The SMILES string of the molecule is CN(C1CC2CCC(C1)N2)S(=O)(=O)c1cccc(S(N)(=O)=O)c1. The number of piperidine rings is 1. The molecule has 0 saturated carbocycles. The Morgan fingerprint density at radius 3 is 2.22 bits per heavy atom. The van der Waals surface area contributed by atoms with Crippen molar-refractivity contribution < 1.29 is 16.8 Å². The molecule has 3 N–H and O–H groups in total. The summed E-state index contributed by atoms with van der Waals surface area (Å²) in [6.07, 6.45) is 3.72. The molecule has 0 radical (unpaired) electrons. The molecular weight excluding hydrogens is 338 g/mol. The number of rotatable bonds is 4. The van der Waals surface area contributed by atoms with Crippen molar-refractivity contribution in [2.24, 2.45) is 5.14 Å². The van der Waals surface area contributed by atoms with E-state index in [4.69, 9.17) is 5.14 Å². The van der Waals surface area contributed by atoms with Gasteiger partial charge < -0.3 is 5.32 Å². The van der Waals surface area contributed by atoms with Crippen LogP contribution in [0.1, 0.15) is 25.7 Å². The minimum absolute atomic E-state index is 0.0441. The molecule has 2 heterocycles. The third-order valence-corrected chi connectivity index (χ3v) is 7.59. The molecule has 0 amide bonds. The molecule has 23 heavy (non-hydrogen) atoms. The lowest BCUT2D eigenvalue weighted by atomic mass is 10.0. The van der Waals surface area contributed by atoms with Crippen LogP contribution in [0.5, 0.6) is 0 Å². The zero-order valence-electron chi connectivity index (χ0n) is 12.8. The second-order valence-electron chi connectivity index (χ2n) is 6.30. The monoisotopic (exact) mass is 359 g/mol. The minimum atomic E-state index is -3.94. The number of primary sulfonamides is 1. The third-order valence-electron chi connectivity index (χ3n) is 4.77. The molecule has 2 unspecified atom stereocenters. The van der Waals surface area contributed by atoms with Crippen LogP contribution in [-0.2, 0) is 20.0 Å². The average Bonchev–Trinajstić information content (AvgIpc) is 2.84. The average molecular weight is 359 g/mol. The second-order valence-corrected chi connectivity index (χ2v) is 9.86. The van der Waals surface area contributed by atoms with Gasteiger partial charge in [-0.3, -0.25) is 0 Å². The van der Waals surface area contributed by atoms with E-state index in [2.05, 4.69) is 5.32 Å². The third kappa shape index (κ3) is 3.29. The summed E-state index contributed by atoms with van der Waals surface area (Å²) < 4.78 is 49.9. The van der Waals surface area contributed by atoms with Crippen molar-refractivity contribution in [2.75, 3.05) is 7.05 Å². The van der Waals surface area contributed by atoms with Crippen molar-refractivity contribution in [2.45, 2.75) is 53.6 Å². The molecule has 2 bridgehead atoms. The summed E-state index contributed by atoms with van der Waals surface area (Å²) in [5.41, 5.74) is 0. The van der Waals surface area contributed by atoms with Crippen LogP contribution in [0.4, 0.5) is 0 Å². The Kier molecular flexibility index (Phi) is 4.26. The summed E-state index contributed by atoms with van der Waals surface area (Å²) in [6, 6.07) is 5.87. The first-order valence-corrected chi connectivity index (χ1v) is 10.5. The van der Waals surface area contributed by atoms with Gasteiger partial charge in [0.1, 0.15) is 0 Å². The van der Waals surface area contributed by atoms with Gasteiger partial charge in [0.05, 0.1) is 9.79 Å². The highest BCUT2D eigenvalue weighted by Crippen LogP contribution is 2.31. The Labute approximate surface area is 137 Å². The van der Waals surface area contributed by atoms with Crippen LogP contribution in [0.25, 0.3) is 0 Å². The quantitative estimate of drug-likeness (QED) is 0.800. The van der Waals surface area contributed by atoms with Gasteiger partial charge >= 0.3 is 0 Å². The molecule has 2 atom stereocenters. The van der Waals surface area contributed by atoms with E-state index in [9.17, 15) is 16.8 Å². The van der Waals surface area contributed by atoms with Crippen LogP contribution in [0.15, 0.2) is 34.1 Å². The minimum Gasteiger partial charge on any atom is -0.311 e. The van der Waals surface area contributed by atoms with Gasteiger partial charge in [-0.1, -0.05) is 6.07 Å². The molecule has 0 aromatic heterocycles. The van der Waals surface area contributed by atoms with E-state index in [0.717, 1.165) is 31.7 Å². The van der Waals surface area contributed by atoms with E-state index >= 15 is 0 Å². The smallest absolute Gasteiger partial charge is 0.243 e. The molecule has 2 fully saturated rings. The maximum atomic E-state index is 12.8. The van der Waals surface area contributed by atoms with Crippen LogP contribution in [0.3, 0.4) is 0 Å². The first kappa shape index (κ1) is 16.8. The van der Waals surface area contributed by atoms with Crippen molar-refractivity contribution >= 4 is 20.0 Å². The predicted molar refractivity (Wildman–Crippen MR) is 85.7 cm³/mol. The Hall–Kier alpha value is -1.00. The maximum Gasteiger partial charge on any atom is 0.243 e. The zero-order valence-corrected chi connectivity index (χ0v) is 14.5. The van der Waals surface area contributed by atoms with Crippen LogP contribution in [0.2, 0.25) is 0 Å². The second kappa shape index (κ2) is 5.82. The van der Waals surface area contributed by atoms with Gasteiger partial charge in [-0.15, -0.1) is 0 Å². The van der Waals surface area contributed by atoms with Gasteiger partial charge in [0.2, 0.25) is 20.0 Å². The molecule has 0 aliphatic carbocycles. The first-order chi connectivity index (χ1) is 10.7. The largest absolute Gasteiger partial charge is 0.311 e. The van der Waals surface area contributed by atoms with E-state index in [1.54, 1.807) is 7.05 Å². The highest BCUT2D eigenvalue weighted by molar-refractivity contribution is 7.90. The number of fused-ring (bicyclic) bond motifs is 2. The van der Waals surface area contributed by atoms with E-state index in [1.165, 1.54) is 22.5 Å². The number of nitrogens with two attached hydrogens (primary N) is 1. The zero-order chi connectivity index (χ0) is 16.8. The number of sulfonamides is 2. The van der Waals surface area contributed by atoms with Gasteiger partial charge in [0, 0.05) is 25.2 Å². The fraction of sp³-hybridized carbons (Fsp3) is 0.571. The molecular formula is C14H21N3O4S2. The van der Waals surface area contributed by atoms with E-state index in [1.807, 2.05) is 0 Å². The van der Waals surface area contributed by atoms with Crippen LogP contribution in [0, 0.1) is 0 Å². The van der Waals surface area contributed by atoms with Gasteiger partial charge in [-0.05, 0) is 43.9 Å². The fourth-order valence-corrected chi connectivity index (χ4v) is 5.56. The van der Waals surface area contributed by atoms with Gasteiger partial charge in [-0.25, -0.2) is 22.0 Å². The number of nitrogens with zero attached hydrogens (tertiary/aromatic N) is 1. The topological polar surface area (TPSA) is 110 Å². The maximum absolute atomic E-state index is 12.8. The highest BCUT2D eigenvalue weighted by Gasteiger charge is 2.38. The number of hydrogen-bond acceptors (Lipinski definition) is 5. The summed E-state index contributed by atoms with van der Waals surface area (Å²) in [7, 11) is -6.13.